The van der Waals surface area contributed by atoms with Crippen LogP contribution in [-0.2, 0) is 9.53 Å². The van der Waals surface area contributed by atoms with Crippen molar-refractivity contribution in [2.24, 2.45) is 0 Å². The summed E-state index contributed by atoms with van der Waals surface area (Å²) in [5.74, 6) is -2.30. The van der Waals surface area contributed by atoms with Crippen molar-refractivity contribution in [2.45, 2.75) is 38.6 Å². The Hall–Kier alpha value is -0.390. The zero-order valence-corrected chi connectivity index (χ0v) is 9.67. The van der Waals surface area contributed by atoms with E-state index in [1.807, 2.05) is 6.92 Å². The second-order valence-corrected chi connectivity index (χ2v) is 4.20. The maximum Gasteiger partial charge on any atom is 0.340 e. The first-order valence-corrected chi connectivity index (χ1v) is 5.23. The molecule has 1 rings (SSSR count). The first-order chi connectivity index (χ1) is 6.40. The molecule has 0 bridgehead atoms. The van der Waals surface area contributed by atoms with Gasteiger partial charge in [-0.25, -0.2) is 4.79 Å². The quantitative estimate of drug-likeness (QED) is 0.749. The van der Waals surface area contributed by atoms with E-state index in [9.17, 15) is 15.0 Å². The van der Waals surface area contributed by atoms with Gasteiger partial charge in [0.2, 0.25) is 5.79 Å². The van der Waals surface area contributed by atoms with Crippen molar-refractivity contribution in [1.82, 2.24) is 0 Å². The summed E-state index contributed by atoms with van der Waals surface area (Å²) in [7, 11) is 0. The Balaban J connectivity index is 2.96. The molecular weight excluding hydrogens is 252 g/mol. The van der Waals surface area contributed by atoms with Crippen LogP contribution in [-0.4, -0.2) is 28.1 Å². The van der Waals surface area contributed by atoms with Crippen LogP contribution in [0.15, 0.2) is 10.1 Å². The monoisotopic (exact) mass is 264 g/mol. The zero-order valence-electron chi connectivity index (χ0n) is 8.08. The molecule has 14 heavy (non-hydrogen) atoms. The number of hydrogen-bond acceptors (Lipinski definition) is 4. The number of aliphatic hydroxyl groups is 2. The molecule has 0 spiro atoms. The molecule has 0 radical (unpaired) electrons. The summed E-state index contributed by atoms with van der Waals surface area (Å²) in [6.07, 6.45) is 0.339. The number of hydrogen-bond donors (Lipinski definition) is 2. The molecule has 2 atom stereocenters. The predicted molar refractivity (Wildman–Crippen MR) is 53.6 cm³/mol. The summed E-state index contributed by atoms with van der Waals surface area (Å²) in [5.41, 5.74) is 0.122. The highest BCUT2D eigenvalue weighted by Gasteiger charge is 2.43. The van der Waals surface area contributed by atoms with Crippen LogP contribution < -0.4 is 0 Å². The van der Waals surface area contributed by atoms with Crippen LogP contribution in [0, 0.1) is 0 Å². The Kier molecular flexibility index (Phi) is 3.34. The molecule has 1 aliphatic heterocycles. The summed E-state index contributed by atoms with van der Waals surface area (Å²) in [6.45, 7) is 3.25. The second-order valence-electron chi connectivity index (χ2n) is 3.40. The number of rotatable bonds is 3. The minimum absolute atomic E-state index is 0.122. The van der Waals surface area contributed by atoms with Crippen LogP contribution in [0.1, 0.15) is 26.7 Å². The van der Waals surface area contributed by atoms with E-state index in [1.165, 1.54) is 6.92 Å². The van der Waals surface area contributed by atoms with Gasteiger partial charge in [-0.3, -0.25) is 0 Å². The Labute approximate surface area is 90.7 Å². The molecule has 80 valence electrons. The molecule has 2 unspecified atom stereocenters. The van der Waals surface area contributed by atoms with Gasteiger partial charge in [0.1, 0.15) is 0 Å². The first-order valence-electron chi connectivity index (χ1n) is 4.44. The number of cyclic esters (lactones) is 1. The Morgan fingerprint density at radius 3 is 2.57 bits per heavy atom. The molecule has 0 aromatic carbocycles. The fourth-order valence-electron chi connectivity index (χ4n) is 1.32. The fourth-order valence-corrected chi connectivity index (χ4v) is 1.83. The molecule has 1 heterocycles. The Bertz CT molecular complexity index is 283. The van der Waals surface area contributed by atoms with Crippen molar-refractivity contribution in [3.8, 4) is 0 Å². The van der Waals surface area contributed by atoms with Crippen molar-refractivity contribution in [3.63, 3.8) is 0 Å². The molecule has 0 amide bonds. The maximum atomic E-state index is 11.3. The van der Waals surface area contributed by atoms with E-state index in [0.717, 1.165) is 6.42 Å². The largest absolute Gasteiger partial charge is 0.425 e. The highest BCUT2D eigenvalue weighted by molar-refractivity contribution is 9.11. The van der Waals surface area contributed by atoms with Crippen molar-refractivity contribution >= 4 is 21.9 Å². The lowest BCUT2D eigenvalue weighted by atomic mass is 10.1. The van der Waals surface area contributed by atoms with E-state index in [0.29, 0.717) is 6.42 Å². The molecule has 5 heteroatoms. The van der Waals surface area contributed by atoms with Crippen LogP contribution in [0.2, 0.25) is 0 Å². The van der Waals surface area contributed by atoms with Crippen LogP contribution in [0.25, 0.3) is 0 Å². The van der Waals surface area contributed by atoms with Gasteiger partial charge in [-0.2, -0.15) is 0 Å². The van der Waals surface area contributed by atoms with Gasteiger partial charge in [0, 0.05) is 6.92 Å². The summed E-state index contributed by atoms with van der Waals surface area (Å²) in [5, 5.41) is 19.2. The molecule has 2 N–H and O–H groups in total. The lowest BCUT2D eigenvalue weighted by molar-refractivity contribution is -0.173. The summed E-state index contributed by atoms with van der Waals surface area (Å²) >= 11 is 3.06. The van der Waals surface area contributed by atoms with E-state index in [2.05, 4.69) is 20.7 Å². The second kappa shape index (κ2) is 4.00. The normalized spacial score (nSPS) is 29.4. The predicted octanol–water partition coefficient (Wildman–Crippen LogP) is 1.06. The first kappa shape index (κ1) is 11.7. The van der Waals surface area contributed by atoms with Gasteiger partial charge in [-0.15, -0.1) is 0 Å². The van der Waals surface area contributed by atoms with E-state index in [1.54, 1.807) is 0 Å². The van der Waals surface area contributed by atoms with Gasteiger partial charge in [-0.1, -0.05) is 13.3 Å². The maximum absolute atomic E-state index is 11.3. The van der Waals surface area contributed by atoms with Gasteiger partial charge in [0.15, 0.2) is 0 Å². The Morgan fingerprint density at radius 2 is 2.21 bits per heavy atom. The average Bonchev–Trinajstić information content (AvgIpc) is 2.22. The van der Waals surface area contributed by atoms with Crippen molar-refractivity contribution in [1.29, 1.82) is 0 Å². The van der Waals surface area contributed by atoms with Crippen molar-refractivity contribution in [2.75, 3.05) is 0 Å². The number of carbonyl (C=O) groups excluding carboxylic acids is 1. The van der Waals surface area contributed by atoms with E-state index < -0.39 is 17.9 Å². The third-order valence-electron chi connectivity index (χ3n) is 2.05. The standard InChI is InChI=1S/C9H13BrO4/c1-3-4-5(11)6-7(10)9(2,13)14-8(6)12/h5,11,13H,3-4H2,1-2H3. The highest BCUT2D eigenvalue weighted by atomic mass is 79.9. The fraction of sp³-hybridized carbons (Fsp3) is 0.667. The van der Waals surface area contributed by atoms with E-state index in [-0.39, 0.29) is 10.1 Å². The molecular formula is C9H13BrO4. The smallest absolute Gasteiger partial charge is 0.340 e. The molecule has 1 aliphatic rings. The summed E-state index contributed by atoms with van der Waals surface area (Å²) < 4.78 is 4.90. The van der Waals surface area contributed by atoms with E-state index >= 15 is 0 Å². The lowest BCUT2D eigenvalue weighted by Crippen LogP contribution is -2.24. The topological polar surface area (TPSA) is 66.8 Å². The molecule has 0 aromatic heterocycles. The zero-order chi connectivity index (χ0) is 10.9. The number of ether oxygens (including phenoxy) is 1. The van der Waals surface area contributed by atoms with Crippen LogP contribution in [0.5, 0.6) is 0 Å². The number of aliphatic hydroxyl groups excluding tert-OH is 1. The van der Waals surface area contributed by atoms with Crippen LogP contribution in [0.3, 0.4) is 0 Å². The molecule has 0 saturated carbocycles. The molecule has 4 nitrogen and oxygen atoms in total. The van der Waals surface area contributed by atoms with E-state index in [4.69, 9.17) is 0 Å². The van der Waals surface area contributed by atoms with Gasteiger partial charge in [0.05, 0.1) is 16.2 Å². The van der Waals surface area contributed by atoms with Crippen LogP contribution >= 0.6 is 15.9 Å². The van der Waals surface area contributed by atoms with Crippen LogP contribution in [0.4, 0.5) is 0 Å². The lowest BCUT2D eigenvalue weighted by Gasteiger charge is -2.14. The molecule has 0 aliphatic carbocycles. The average molecular weight is 265 g/mol. The van der Waals surface area contributed by atoms with Crippen molar-refractivity contribution < 1.29 is 19.7 Å². The highest BCUT2D eigenvalue weighted by Crippen LogP contribution is 2.36. The van der Waals surface area contributed by atoms with Gasteiger partial charge in [-0.05, 0) is 22.4 Å². The third kappa shape index (κ3) is 1.99. The third-order valence-corrected chi connectivity index (χ3v) is 3.21. The Morgan fingerprint density at radius 1 is 1.64 bits per heavy atom. The van der Waals surface area contributed by atoms with Gasteiger partial charge in [0.25, 0.3) is 0 Å². The molecule has 0 saturated heterocycles. The number of esters is 1. The molecule has 0 fully saturated rings. The molecule has 0 aromatic rings. The minimum Gasteiger partial charge on any atom is -0.425 e. The SMILES string of the molecule is CCCC(O)C1=C(Br)C(C)(O)OC1=O. The summed E-state index contributed by atoms with van der Waals surface area (Å²) in [4.78, 5) is 11.3. The number of halogens is 1. The minimum atomic E-state index is -1.64. The summed E-state index contributed by atoms with van der Waals surface area (Å²) in [6, 6.07) is 0. The van der Waals surface area contributed by atoms with Crippen molar-refractivity contribution in [3.05, 3.63) is 10.1 Å². The van der Waals surface area contributed by atoms with Gasteiger partial charge < -0.3 is 14.9 Å². The number of carbonyl (C=O) groups is 1. The van der Waals surface area contributed by atoms with Gasteiger partial charge >= 0.3 is 5.97 Å².